The molecule has 5 heteroatoms. The first-order valence-electron chi connectivity index (χ1n) is 11.7. The van der Waals surface area contributed by atoms with Gasteiger partial charge in [0.05, 0.1) is 25.4 Å². The van der Waals surface area contributed by atoms with E-state index in [-0.39, 0.29) is 11.9 Å². The SMILES string of the molecule is CCC(=O)OCCCCCCOc1ccc(-c2ccc(C(=O)OCC(C)CC)cc2)cc1. The van der Waals surface area contributed by atoms with Gasteiger partial charge in [0.15, 0.2) is 0 Å². The number of benzene rings is 2. The van der Waals surface area contributed by atoms with Crippen molar-refractivity contribution >= 4 is 11.9 Å². The molecule has 32 heavy (non-hydrogen) atoms. The average molecular weight is 441 g/mol. The molecule has 0 aliphatic heterocycles. The lowest BCUT2D eigenvalue weighted by Crippen LogP contribution is -2.11. The summed E-state index contributed by atoms with van der Waals surface area (Å²) < 4.78 is 16.2. The molecule has 5 nitrogen and oxygen atoms in total. The Kier molecular flexibility index (Phi) is 11.4. The van der Waals surface area contributed by atoms with Gasteiger partial charge in [-0.2, -0.15) is 0 Å². The molecule has 1 atom stereocenters. The Labute approximate surface area is 192 Å². The molecular weight excluding hydrogens is 404 g/mol. The van der Waals surface area contributed by atoms with Crippen LogP contribution in [0.5, 0.6) is 5.75 Å². The second-order valence-corrected chi connectivity index (χ2v) is 8.05. The lowest BCUT2D eigenvalue weighted by molar-refractivity contribution is -0.143. The van der Waals surface area contributed by atoms with E-state index in [4.69, 9.17) is 14.2 Å². The molecule has 0 bridgehead atoms. The first kappa shape index (κ1) is 25.4. The number of esters is 2. The van der Waals surface area contributed by atoms with Crippen molar-refractivity contribution in [2.45, 2.75) is 59.3 Å². The highest BCUT2D eigenvalue weighted by atomic mass is 16.5. The van der Waals surface area contributed by atoms with Crippen LogP contribution in [-0.4, -0.2) is 31.8 Å². The number of rotatable bonds is 14. The highest BCUT2D eigenvalue weighted by molar-refractivity contribution is 5.90. The quantitative estimate of drug-likeness (QED) is 0.250. The van der Waals surface area contributed by atoms with Crippen molar-refractivity contribution in [1.29, 1.82) is 0 Å². The molecule has 2 aromatic carbocycles. The van der Waals surface area contributed by atoms with E-state index < -0.39 is 0 Å². The molecule has 0 saturated heterocycles. The van der Waals surface area contributed by atoms with Gasteiger partial charge in [0.25, 0.3) is 0 Å². The van der Waals surface area contributed by atoms with Gasteiger partial charge in [-0.1, -0.05) is 51.5 Å². The number of ether oxygens (including phenoxy) is 3. The molecule has 1 unspecified atom stereocenters. The normalized spacial score (nSPS) is 11.6. The number of hydrogen-bond donors (Lipinski definition) is 0. The molecule has 0 spiro atoms. The first-order valence-corrected chi connectivity index (χ1v) is 11.7. The predicted molar refractivity (Wildman–Crippen MR) is 127 cm³/mol. The summed E-state index contributed by atoms with van der Waals surface area (Å²) in [6.07, 6.45) is 5.37. The zero-order valence-corrected chi connectivity index (χ0v) is 19.6. The van der Waals surface area contributed by atoms with Crippen LogP contribution in [0.4, 0.5) is 0 Å². The third-order valence-corrected chi connectivity index (χ3v) is 5.36. The number of hydrogen-bond acceptors (Lipinski definition) is 5. The van der Waals surface area contributed by atoms with Crippen LogP contribution < -0.4 is 4.74 Å². The Morgan fingerprint density at radius 1 is 0.781 bits per heavy atom. The van der Waals surface area contributed by atoms with Gasteiger partial charge in [0.1, 0.15) is 5.75 Å². The molecule has 0 N–H and O–H groups in total. The molecule has 0 amide bonds. The zero-order valence-electron chi connectivity index (χ0n) is 19.6. The summed E-state index contributed by atoms with van der Waals surface area (Å²) in [5.41, 5.74) is 2.68. The average Bonchev–Trinajstić information content (AvgIpc) is 2.84. The lowest BCUT2D eigenvalue weighted by Gasteiger charge is -2.10. The minimum Gasteiger partial charge on any atom is -0.494 e. The van der Waals surface area contributed by atoms with E-state index >= 15 is 0 Å². The Bertz CT molecular complexity index is 811. The Balaban J connectivity index is 1.70. The summed E-state index contributed by atoms with van der Waals surface area (Å²) in [7, 11) is 0. The van der Waals surface area contributed by atoms with Crippen LogP contribution in [0.3, 0.4) is 0 Å². The van der Waals surface area contributed by atoms with Gasteiger partial charge in [0.2, 0.25) is 0 Å². The molecule has 0 fully saturated rings. The maximum Gasteiger partial charge on any atom is 0.338 e. The van der Waals surface area contributed by atoms with Gasteiger partial charge in [-0.15, -0.1) is 0 Å². The molecule has 2 aromatic rings. The van der Waals surface area contributed by atoms with Gasteiger partial charge >= 0.3 is 11.9 Å². The van der Waals surface area contributed by atoms with E-state index in [2.05, 4.69) is 13.8 Å². The van der Waals surface area contributed by atoms with Crippen molar-refractivity contribution in [2.75, 3.05) is 19.8 Å². The van der Waals surface area contributed by atoms with Crippen LogP contribution in [0.2, 0.25) is 0 Å². The summed E-state index contributed by atoms with van der Waals surface area (Å²) in [4.78, 5) is 23.2. The second kappa shape index (κ2) is 14.3. The predicted octanol–water partition coefficient (Wildman–Crippen LogP) is 6.45. The lowest BCUT2D eigenvalue weighted by atomic mass is 10.0. The Hall–Kier alpha value is -2.82. The molecule has 0 saturated carbocycles. The smallest absolute Gasteiger partial charge is 0.338 e. The molecule has 2 rings (SSSR count). The number of unbranched alkanes of at least 4 members (excludes halogenated alkanes) is 3. The Morgan fingerprint density at radius 2 is 1.38 bits per heavy atom. The van der Waals surface area contributed by atoms with Crippen LogP contribution in [-0.2, 0) is 14.3 Å². The summed E-state index contributed by atoms with van der Waals surface area (Å²) in [5.74, 6) is 0.807. The second-order valence-electron chi connectivity index (χ2n) is 8.05. The zero-order chi connectivity index (χ0) is 23.2. The van der Waals surface area contributed by atoms with E-state index in [1.54, 1.807) is 6.92 Å². The maximum atomic E-state index is 12.1. The molecule has 0 radical (unpaired) electrons. The Morgan fingerprint density at radius 3 is 1.97 bits per heavy atom. The largest absolute Gasteiger partial charge is 0.494 e. The standard InChI is InChI=1S/C27H36O5/c1-4-21(3)20-32-27(29)24-12-10-22(11-13-24)23-14-16-25(17-15-23)30-18-8-6-7-9-19-31-26(28)5-2/h10-17,21H,4-9,18-20H2,1-3H3. The molecule has 0 aromatic heterocycles. The van der Waals surface area contributed by atoms with Crippen LogP contribution in [0, 0.1) is 5.92 Å². The number of carbonyl (C=O) groups is 2. The van der Waals surface area contributed by atoms with Gasteiger partial charge in [-0.25, -0.2) is 4.79 Å². The van der Waals surface area contributed by atoms with Crippen molar-refractivity contribution in [3.05, 3.63) is 54.1 Å². The fourth-order valence-electron chi connectivity index (χ4n) is 3.00. The molecule has 0 aliphatic carbocycles. The van der Waals surface area contributed by atoms with Crippen LogP contribution in [0.1, 0.15) is 69.7 Å². The third-order valence-electron chi connectivity index (χ3n) is 5.36. The van der Waals surface area contributed by atoms with Crippen molar-refractivity contribution in [3.63, 3.8) is 0 Å². The molecule has 0 heterocycles. The maximum absolute atomic E-state index is 12.1. The fourth-order valence-corrected chi connectivity index (χ4v) is 3.00. The van der Waals surface area contributed by atoms with Gasteiger partial charge < -0.3 is 14.2 Å². The van der Waals surface area contributed by atoms with E-state index in [9.17, 15) is 9.59 Å². The first-order chi connectivity index (χ1) is 15.5. The highest BCUT2D eigenvalue weighted by Crippen LogP contribution is 2.23. The third kappa shape index (κ3) is 9.13. The monoisotopic (exact) mass is 440 g/mol. The summed E-state index contributed by atoms with van der Waals surface area (Å²) in [5, 5.41) is 0. The van der Waals surface area contributed by atoms with Gasteiger partial charge in [0, 0.05) is 6.42 Å². The van der Waals surface area contributed by atoms with E-state index in [1.165, 1.54) is 0 Å². The van der Waals surface area contributed by atoms with E-state index in [0.717, 1.165) is 49.0 Å². The number of carbonyl (C=O) groups excluding carboxylic acids is 2. The van der Waals surface area contributed by atoms with Gasteiger partial charge in [-0.3, -0.25) is 4.79 Å². The minimum absolute atomic E-state index is 0.132. The van der Waals surface area contributed by atoms with E-state index in [0.29, 0.717) is 37.7 Å². The van der Waals surface area contributed by atoms with E-state index in [1.807, 2.05) is 48.5 Å². The summed E-state index contributed by atoms with van der Waals surface area (Å²) >= 11 is 0. The van der Waals surface area contributed by atoms with Crippen molar-refractivity contribution in [1.82, 2.24) is 0 Å². The summed E-state index contributed by atoms with van der Waals surface area (Å²) in [6, 6.07) is 15.5. The summed E-state index contributed by atoms with van der Waals surface area (Å²) in [6.45, 7) is 7.58. The topological polar surface area (TPSA) is 61.8 Å². The molecule has 174 valence electrons. The molecule has 0 aliphatic rings. The highest BCUT2D eigenvalue weighted by Gasteiger charge is 2.09. The van der Waals surface area contributed by atoms with Crippen LogP contribution in [0.25, 0.3) is 11.1 Å². The van der Waals surface area contributed by atoms with Crippen LogP contribution in [0.15, 0.2) is 48.5 Å². The van der Waals surface area contributed by atoms with Crippen molar-refractivity contribution in [3.8, 4) is 16.9 Å². The van der Waals surface area contributed by atoms with Crippen LogP contribution >= 0.6 is 0 Å². The van der Waals surface area contributed by atoms with Gasteiger partial charge in [-0.05, 0) is 67.0 Å². The minimum atomic E-state index is -0.275. The molecular formula is C27H36O5. The van der Waals surface area contributed by atoms with Crippen molar-refractivity contribution < 1.29 is 23.8 Å². The van der Waals surface area contributed by atoms with Crippen molar-refractivity contribution in [2.24, 2.45) is 5.92 Å². The fraction of sp³-hybridized carbons (Fsp3) is 0.481.